The van der Waals surface area contributed by atoms with Crippen LogP contribution in [0.3, 0.4) is 0 Å². The van der Waals surface area contributed by atoms with Crippen molar-refractivity contribution in [3.05, 3.63) is 59.0 Å². The maximum atomic E-state index is 12.8. The third-order valence-corrected chi connectivity index (χ3v) is 4.87. The number of carbonyl (C=O) groups excluding carboxylic acids is 2. The number of carbonyl (C=O) groups is 2. The highest BCUT2D eigenvalue weighted by Crippen LogP contribution is 2.44. The monoisotopic (exact) mass is 369 g/mol. The Labute approximate surface area is 158 Å². The zero-order valence-electron chi connectivity index (χ0n) is 15.5. The lowest BCUT2D eigenvalue weighted by Gasteiger charge is -2.34. The van der Waals surface area contributed by atoms with Crippen molar-refractivity contribution in [3.8, 4) is 11.5 Å². The first kappa shape index (κ1) is 18.8. The molecule has 1 heterocycles. The summed E-state index contributed by atoms with van der Waals surface area (Å²) in [6, 6.07) is 4.87. The topological polar surface area (TPSA) is 84.9 Å². The Balaban J connectivity index is 2.15. The number of benzene rings is 1. The van der Waals surface area contributed by atoms with Crippen LogP contribution >= 0.6 is 0 Å². The second kappa shape index (κ2) is 7.70. The number of phenolic OH excluding ortho intramolecular Hbond substituents is 1. The smallest absolute Gasteiger partial charge is 0.337 e. The number of dihydropyridines is 1. The van der Waals surface area contributed by atoms with Crippen molar-refractivity contribution in [2.75, 3.05) is 13.7 Å². The quantitative estimate of drug-likeness (QED) is 0.613. The molecular weight excluding hydrogens is 346 g/mol. The third-order valence-electron chi connectivity index (χ3n) is 4.87. The molecule has 142 valence electrons. The van der Waals surface area contributed by atoms with Crippen LogP contribution in [0.2, 0.25) is 0 Å². The second-order valence-corrected chi connectivity index (χ2v) is 6.58. The predicted octanol–water partition coefficient (Wildman–Crippen LogP) is 3.10. The molecule has 6 heteroatoms. The van der Waals surface area contributed by atoms with E-state index in [1.54, 1.807) is 19.1 Å². The van der Waals surface area contributed by atoms with E-state index in [1.807, 2.05) is 0 Å². The molecule has 0 spiro atoms. The molecule has 0 radical (unpaired) electrons. The number of aromatic hydroxyl groups is 1. The van der Waals surface area contributed by atoms with Crippen LogP contribution in [0.15, 0.2) is 53.4 Å². The van der Waals surface area contributed by atoms with Crippen molar-refractivity contribution in [3.63, 3.8) is 0 Å². The van der Waals surface area contributed by atoms with Crippen LogP contribution in [-0.4, -0.2) is 30.6 Å². The largest absolute Gasteiger partial charge is 0.504 e. The lowest BCUT2D eigenvalue weighted by atomic mass is 9.75. The lowest BCUT2D eigenvalue weighted by molar-refractivity contribution is -0.138. The van der Waals surface area contributed by atoms with E-state index in [4.69, 9.17) is 9.47 Å². The standard InChI is InChI=1S/C21H23NO5/c1-4-10-27-21(25)18-12(2)22-14-6-5-7-16(24)20(14)19(18)13-8-9-15(23)17(11-13)26-3/h4,8-9,11,19,22-23H,1,5-7,10H2,2-3H3. The molecule has 1 aliphatic heterocycles. The van der Waals surface area contributed by atoms with Gasteiger partial charge in [0.15, 0.2) is 17.3 Å². The maximum absolute atomic E-state index is 12.8. The van der Waals surface area contributed by atoms with Gasteiger partial charge in [-0.1, -0.05) is 18.7 Å². The fourth-order valence-corrected chi connectivity index (χ4v) is 3.67. The van der Waals surface area contributed by atoms with Crippen molar-refractivity contribution in [1.29, 1.82) is 0 Å². The molecule has 2 aliphatic rings. The number of methoxy groups -OCH3 is 1. The van der Waals surface area contributed by atoms with E-state index in [-0.39, 0.29) is 23.9 Å². The van der Waals surface area contributed by atoms with Crippen LogP contribution in [0.25, 0.3) is 0 Å². The predicted molar refractivity (Wildman–Crippen MR) is 100 cm³/mol. The zero-order chi connectivity index (χ0) is 19.6. The first-order valence-electron chi connectivity index (χ1n) is 8.86. The van der Waals surface area contributed by atoms with Crippen molar-refractivity contribution in [2.24, 2.45) is 0 Å². The summed E-state index contributed by atoms with van der Waals surface area (Å²) in [5, 5.41) is 13.2. The summed E-state index contributed by atoms with van der Waals surface area (Å²) in [6.45, 7) is 5.46. The first-order valence-corrected chi connectivity index (χ1v) is 8.86. The summed E-state index contributed by atoms with van der Waals surface area (Å²) >= 11 is 0. The van der Waals surface area contributed by atoms with Gasteiger partial charge in [0.1, 0.15) is 6.61 Å². The number of allylic oxidation sites excluding steroid dienone is 3. The highest BCUT2D eigenvalue weighted by atomic mass is 16.5. The average molecular weight is 369 g/mol. The highest BCUT2D eigenvalue weighted by Gasteiger charge is 2.39. The summed E-state index contributed by atoms with van der Waals surface area (Å²) in [5.41, 5.74) is 3.18. The molecule has 1 aliphatic carbocycles. The molecule has 0 saturated carbocycles. The van der Waals surface area contributed by atoms with E-state index >= 15 is 0 Å². The highest BCUT2D eigenvalue weighted by molar-refractivity contribution is 6.03. The molecule has 0 saturated heterocycles. The summed E-state index contributed by atoms with van der Waals surface area (Å²) in [6.07, 6.45) is 3.47. The van der Waals surface area contributed by atoms with Crippen LogP contribution in [0.5, 0.6) is 11.5 Å². The summed E-state index contributed by atoms with van der Waals surface area (Å²) in [5.74, 6) is -0.770. The van der Waals surface area contributed by atoms with Crippen molar-refractivity contribution in [1.82, 2.24) is 5.32 Å². The minimum absolute atomic E-state index is 0.00385. The molecule has 1 atom stereocenters. The number of ketones is 1. The number of nitrogens with one attached hydrogen (secondary N) is 1. The van der Waals surface area contributed by atoms with E-state index in [9.17, 15) is 14.7 Å². The number of hydrogen-bond donors (Lipinski definition) is 2. The molecule has 0 fully saturated rings. The van der Waals surface area contributed by atoms with Gasteiger partial charge < -0.3 is 19.9 Å². The van der Waals surface area contributed by atoms with Gasteiger partial charge in [-0.05, 0) is 37.5 Å². The summed E-state index contributed by atoms with van der Waals surface area (Å²) < 4.78 is 10.5. The van der Waals surface area contributed by atoms with Crippen LogP contribution in [0, 0.1) is 0 Å². The Morgan fingerprint density at radius 3 is 2.89 bits per heavy atom. The van der Waals surface area contributed by atoms with Crippen LogP contribution < -0.4 is 10.1 Å². The first-order chi connectivity index (χ1) is 13.0. The van der Waals surface area contributed by atoms with Gasteiger partial charge >= 0.3 is 5.97 Å². The normalized spacial score (nSPS) is 19.3. The fourth-order valence-electron chi connectivity index (χ4n) is 3.67. The van der Waals surface area contributed by atoms with Gasteiger partial charge in [-0.25, -0.2) is 4.79 Å². The molecule has 0 amide bonds. The SMILES string of the molecule is C=CCOC(=O)C1=C(C)NC2=C(C(=O)CCC2)C1c1ccc(O)c(OC)c1. The van der Waals surface area contributed by atoms with Gasteiger partial charge in [0.25, 0.3) is 0 Å². The van der Waals surface area contributed by atoms with Crippen LogP contribution in [-0.2, 0) is 14.3 Å². The molecule has 1 aromatic carbocycles. The van der Waals surface area contributed by atoms with Crippen LogP contribution in [0.1, 0.15) is 37.7 Å². The Morgan fingerprint density at radius 1 is 1.41 bits per heavy atom. The van der Waals surface area contributed by atoms with Gasteiger partial charge in [-0.2, -0.15) is 0 Å². The Morgan fingerprint density at radius 2 is 2.19 bits per heavy atom. The van der Waals surface area contributed by atoms with Gasteiger partial charge in [0.2, 0.25) is 0 Å². The molecule has 6 nitrogen and oxygen atoms in total. The van der Waals surface area contributed by atoms with Crippen molar-refractivity contribution in [2.45, 2.75) is 32.1 Å². The van der Waals surface area contributed by atoms with Gasteiger partial charge in [0, 0.05) is 29.3 Å². The Bertz CT molecular complexity index is 865. The molecule has 2 N–H and O–H groups in total. The fraction of sp³-hybridized carbons (Fsp3) is 0.333. The van der Waals surface area contributed by atoms with E-state index in [0.717, 1.165) is 18.5 Å². The molecule has 1 unspecified atom stereocenters. The minimum atomic E-state index is -0.569. The van der Waals surface area contributed by atoms with E-state index in [0.29, 0.717) is 28.8 Å². The van der Waals surface area contributed by atoms with Gasteiger partial charge in [0.05, 0.1) is 12.7 Å². The molecule has 0 aromatic heterocycles. The molecular formula is C21H23NO5. The van der Waals surface area contributed by atoms with E-state index in [2.05, 4.69) is 11.9 Å². The summed E-state index contributed by atoms with van der Waals surface area (Å²) in [7, 11) is 1.46. The van der Waals surface area contributed by atoms with E-state index in [1.165, 1.54) is 19.3 Å². The molecule has 0 bridgehead atoms. The number of esters is 1. The van der Waals surface area contributed by atoms with Crippen molar-refractivity contribution < 1.29 is 24.2 Å². The second-order valence-electron chi connectivity index (χ2n) is 6.58. The molecule has 3 rings (SSSR count). The lowest BCUT2D eigenvalue weighted by Crippen LogP contribution is -2.34. The minimum Gasteiger partial charge on any atom is -0.504 e. The molecule has 27 heavy (non-hydrogen) atoms. The number of ether oxygens (including phenoxy) is 2. The molecule has 1 aromatic rings. The Kier molecular flexibility index (Phi) is 5.35. The van der Waals surface area contributed by atoms with Gasteiger partial charge in [-0.3, -0.25) is 4.79 Å². The number of Topliss-reactive ketones (excluding diaryl/α,β-unsaturated/α-hetero) is 1. The van der Waals surface area contributed by atoms with Crippen molar-refractivity contribution >= 4 is 11.8 Å². The van der Waals surface area contributed by atoms with Gasteiger partial charge in [-0.15, -0.1) is 0 Å². The number of rotatable bonds is 5. The summed E-state index contributed by atoms with van der Waals surface area (Å²) in [4.78, 5) is 25.5. The third kappa shape index (κ3) is 3.47. The maximum Gasteiger partial charge on any atom is 0.337 e. The number of hydrogen-bond acceptors (Lipinski definition) is 6. The average Bonchev–Trinajstić information content (AvgIpc) is 2.65. The Hall–Kier alpha value is -3.02. The zero-order valence-corrected chi connectivity index (χ0v) is 15.5. The number of phenols is 1. The van der Waals surface area contributed by atoms with Crippen LogP contribution in [0.4, 0.5) is 0 Å². The van der Waals surface area contributed by atoms with E-state index < -0.39 is 11.9 Å².